The van der Waals surface area contributed by atoms with Crippen LogP contribution in [-0.4, -0.2) is 6.26 Å². The van der Waals surface area contributed by atoms with E-state index in [-0.39, 0.29) is 0 Å². The van der Waals surface area contributed by atoms with Crippen LogP contribution in [0.15, 0.2) is 23.1 Å². The lowest BCUT2D eigenvalue weighted by Gasteiger charge is -1.97. The number of aryl methyl sites for hydroxylation is 2. The Morgan fingerprint density at radius 1 is 1.23 bits per heavy atom. The van der Waals surface area contributed by atoms with Crippen molar-refractivity contribution < 1.29 is 0 Å². The van der Waals surface area contributed by atoms with Gasteiger partial charge in [-0.1, -0.05) is 12.1 Å². The number of fused-ring (bicyclic) bond motifs is 1. The van der Waals surface area contributed by atoms with E-state index in [2.05, 4.69) is 38.3 Å². The van der Waals surface area contributed by atoms with Crippen LogP contribution in [0, 0.1) is 13.8 Å². The highest BCUT2D eigenvalue weighted by Crippen LogP contribution is 2.36. The van der Waals surface area contributed by atoms with Crippen LogP contribution < -0.4 is 0 Å². The van der Waals surface area contributed by atoms with Crippen molar-refractivity contribution in [2.24, 2.45) is 0 Å². The zero-order valence-corrected chi connectivity index (χ0v) is 9.68. The topological polar surface area (TPSA) is 0 Å². The van der Waals surface area contributed by atoms with Gasteiger partial charge in [-0.25, -0.2) is 0 Å². The summed E-state index contributed by atoms with van der Waals surface area (Å²) in [5.74, 6) is 0. The SMILES string of the molecule is CSc1cccc2c(C)c(C)sc12. The van der Waals surface area contributed by atoms with E-state index in [0.29, 0.717) is 0 Å². The van der Waals surface area contributed by atoms with Crippen LogP contribution in [0.2, 0.25) is 0 Å². The summed E-state index contributed by atoms with van der Waals surface area (Å²) in [5.41, 5.74) is 1.44. The van der Waals surface area contributed by atoms with Gasteiger partial charge in [0.1, 0.15) is 0 Å². The van der Waals surface area contributed by atoms with Crippen molar-refractivity contribution in [3.8, 4) is 0 Å². The molecule has 0 nitrogen and oxygen atoms in total. The maximum Gasteiger partial charge on any atom is 0.0484 e. The molecule has 0 saturated carbocycles. The van der Waals surface area contributed by atoms with Gasteiger partial charge >= 0.3 is 0 Å². The Labute approximate surface area is 87.0 Å². The number of thioether (sulfide) groups is 1. The van der Waals surface area contributed by atoms with E-state index in [0.717, 1.165) is 0 Å². The van der Waals surface area contributed by atoms with E-state index >= 15 is 0 Å². The number of thiophene rings is 1. The molecule has 0 radical (unpaired) electrons. The summed E-state index contributed by atoms with van der Waals surface area (Å²) < 4.78 is 1.45. The maximum absolute atomic E-state index is 2.22. The maximum atomic E-state index is 2.22. The Kier molecular flexibility index (Phi) is 2.35. The largest absolute Gasteiger partial charge is 0.139 e. The summed E-state index contributed by atoms with van der Waals surface area (Å²) in [5, 5.41) is 1.43. The van der Waals surface area contributed by atoms with Crippen molar-refractivity contribution in [2.45, 2.75) is 18.7 Å². The van der Waals surface area contributed by atoms with Gasteiger partial charge in [0, 0.05) is 14.5 Å². The van der Waals surface area contributed by atoms with Crippen molar-refractivity contribution >= 4 is 33.2 Å². The molecule has 0 N–H and O–H groups in total. The third-order valence-electron chi connectivity index (χ3n) is 2.39. The normalized spacial score (nSPS) is 11.0. The Morgan fingerprint density at radius 2 is 2.00 bits per heavy atom. The van der Waals surface area contributed by atoms with Crippen LogP contribution >= 0.6 is 23.1 Å². The molecule has 2 aromatic rings. The molecule has 0 aliphatic rings. The van der Waals surface area contributed by atoms with Crippen LogP contribution in [0.25, 0.3) is 10.1 Å². The summed E-state index contributed by atoms with van der Waals surface area (Å²) in [6, 6.07) is 6.56. The second-order valence-electron chi connectivity index (χ2n) is 3.12. The molecule has 2 heteroatoms. The molecule has 0 aliphatic carbocycles. The molecule has 0 amide bonds. The zero-order valence-electron chi connectivity index (χ0n) is 8.05. The molecular formula is C11H12S2. The van der Waals surface area contributed by atoms with Gasteiger partial charge in [-0.15, -0.1) is 23.1 Å². The van der Waals surface area contributed by atoms with Gasteiger partial charge in [-0.05, 0) is 37.1 Å². The molecule has 1 aromatic carbocycles. The molecule has 0 aliphatic heterocycles. The second-order valence-corrected chi connectivity index (χ2v) is 5.19. The third kappa shape index (κ3) is 1.38. The van der Waals surface area contributed by atoms with Crippen LogP contribution in [0.1, 0.15) is 10.4 Å². The molecule has 0 spiro atoms. The van der Waals surface area contributed by atoms with Crippen LogP contribution in [0.5, 0.6) is 0 Å². The van der Waals surface area contributed by atoms with Gasteiger partial charge in [-0.2, -0.15) is 0 Å². The third-order valence-corrected chi connectivity index (χ3v) is 4.55. The highest BCUT2D eigenvalue weighted by molar-refractivity contribution is 7.99. The summed E-state index contributed by atoms with van der Waals surface area (Å²) >= 11 is 3.74. The van der Waals surface area contributed by atoms with Gasteiger partial charge in [0.25, 0.3) is 0 Å². The molecule has 1 aromatic heterocycles. The van der Waals surface area contributed by atoms with Crippen LogP contribution in [0.3, 0.4) is 0 Å². The lowest BCUT2D eigenvalue weighted by atomic mass is 10.1. The molecule has 68 valence electrons. The highest BCUT2D eigenvalue weighted by atomic mass is 32.2. The predicted octanol–water partition coefficient (Wildman–Crippen LogP) is 4.24. The zero-order chi connectivity index (χ0) is 9.42. The fourth-order valence-corrected chi connectivity index (χ4v) is 3.45. The number of benzene rings is 1. The van der Waals surface area contributed by atoms with Crippen molar-refractivity contribution in [1.29, 1.82) is 0 Å². The first-order valence-corrected chi connectivity index (χ1v) is 6.31. The summed E-state index contributed by atoms with van der Waals surface area (Å²) in [6.45, 7) is 4.41. The number of hydrogen-bond acceptors (Lipinski definition) is 2. The number of rotatable bonds is 1. The predicted molar refractivity (Wildman–Crippen MR) is 63.1 cm³/mol. The molecule has 1 heterocycles. The summed E-state index contributed by atoms with van der Waals surface area (Å²) in [7, 11) is 0. The molecule has 0 bridgehead atoms. The molecule has 0 saturated heterocycles. The Morgan fingerprint density at radius 3 is 2.69 bits per heavy atom. The van der Waals surface area contributed by atoms with Gasteiger partial charge < -0.3 is 0 Å². The minimum atomic E-state index is 1.40. The van der Waals surface area contributed by atoms with Gasteiger partial charge in [-0.3, -0.25) is 0 Å². The van der Waals surface area contributed by atoms with E-state index in [9.17, 15) is 0 Å². The second kappa shape index (κ2) is 3.35. The smallest absolute Gasteiger partial charge is 0.0484 e. The van der Waals surface area contributed by atoms with Crippen LogP contribution in [0.4, 0.5) is 0 Å². The van der Waals surface area contributed by atoms with Gasteiger partial charge in [0.2, 0.25) is 0 Å². The minimum absolute atomic E-state index is 1.40. The fraction of sp³-hybridized carbons (Fsp3) is 0.273. The Hall–Kier alpha value is -0.470. The number of hydrogen-bond donors (Lipinski definition) is 0. The summed E-state index contributed by atoms with van der Waals surface area (Å²) in [4.78, 5) is 2.84. The molecule has 13 heavy (non-hydrogen) atoms. The molecule has 0 fully saturated rings. The van der Waals surface area contributed by atoms with E-state index < -0.39 is 0 Å². The average Bonchev–Trinajstić information content (AvgIpc) is 2.43. The van der Waals surface area contributed by atoms with Crippen molar-refractivity contribution in [2.75, 3.05) is 6.26 Å². The quantitative estimate of drug-likeness (QED) is 0.632. The first-order valence-electron chi connectivity index (χ1n) is 4.26. The molecule has 0 atom stereocenters. The average molecular weight is 208 g/mol. The van der Waals surface area contributed by atoms with Crippen molar-refractivity contribution in [1.82, 2.24) is 0 Å². The standard InChI is InChI=1S/C11H12S2/c1-7-8(2)13-11-9(7)5-4-6-10(11)12-3/h4-6H,1-3H3. The van der Waals surface area contributed by atoms with Crippen molar-refractivity contribution in [3.63, 3.8) is 0 Å². The summed E-state index contributed by atoms with van der Waals surface area (Å²) in [6.07, 6.45) is 2.14. The lowest BCUT2D eigenvalue weighted by Crippen LogP contribution is -1.72. The monoisotopic (exact) mass is 208 g/mol. The highest BCUT2D eigenvalue weighted by Gasteiger charge is 2.07. The van der Waals surface area contributed by atoms with Crippen LogP contribution in [-0.2, 0) is 0 Å². The van der Waals surface area contributed by atoms with E-state index in [4.69, 9.17) is 0 Å². The first-order chi connectivity index (χ1) is 6.24. The lowest BCUT2D eigenvalue weighted by molar-refractivity contribution is 1.46. The molecule has 2 rings (SSSR count). The van der Waals surface area contributed by atoms with E-state index in [1.807, 2.05) is 23.1 Å². The first kappa shape index (κ1) is 9.10. The van der Waals surface area contributed by atoms with E-state index in [1.54, 1.807) is 0 Å². The van der Waals surface area contributed by atoms with Crippen molar-refractivity contribution in [3.05, 3.63) is 28.6 Å². The molecular weight excluding hydrogens is 196 g/mol. The minimum Gasteiger partial charge on any atom is -0.139 e. The Balaban J connectivity index is 2.84. The fourth-order valence-electron chi connectivity index (χ4n) is 1.50. The Bertz CT molecular complexity index is 441. The van der Waals surface area contributed by atoms with Gasteiger partial charge in [0.05, 0.1) is 0 Å². The van der Waals surface area contributed by atoms with Gasteiger partial charge in [0.15, 0.2) is 0 Å². The van der Waals surface area contributed by atoms with E-state index in [1.165, 1.54) is 25.4 Å². The molecule has 0 unspecified atom stereocenters.